The number of nitrogens with one attached hydrogen (secondary N) is 1. The van der Waals surface area contributed by atoms with Gasteiger partial charge in [0.05, 0.1) is 30.3 Å². The van der Waals surface area contributed by atoms with Crippen molar-refractivity contribution in [3.63, 3.8) is 0 Å². The highest BCUT2D eigenvalue weighted by atomic mass is 32.2. The molecule has 24 heavy (non-hydrogen) atoms. The molecule has 1 aromatic heterocycles. The van der Waals surface area contributed by atoms with Crippen LogP contribution in [0.25, 0.3) is 0 Å². The molecule has 1 heterocycles. The lowest BCUT2D eigenvalue weighted by molar-refractivity contribution is 0.0280. The third-order valence-electron chi connectivity index (χ3n) is 4.36. The summed E-state index contributed by atoms with van der Waals surface area (Å²) >= 11 is 0. The molecule has 1 fully saturated rings. The lowest BCUT2D eigenvalue weighted by Gasteiger charge is -2.37. The average molecular weight is 351 g/mol. The van der Waals surface area contributed by atoms with Gasteiger partial charge < -0.3 is 9.84 Å². The van der Waals surface area contributed by atoms with Crippen molar-refractivity contribution in [3.8, 4) is 5.75 Å². The second-order valence-corrected chi connectivity index (χ2v) is 7.82. The van der Waals surface area contributed by atoms with Crippen molar-refractivity contribution in [1.29, 1.82) is 0 Å². The largest absolute Gasteiger partial charge is 0.497 e. The quantitative estimate of drug-likeness (QED) is 0.816. The molecule has 1 aliphatic carbocycles. The summed E-state index contributed by atoms with van der Waals surface area (Å²) in [4.78, 5) is 0.178. The van der Waals surface area contributed by atoms with E-state index in [9.17, 15) is 13.5 Å². The van der Waals surface area contributed by atoms with Gasteiger partial charge >= 0.3 is 0 Å². The van der Waals surface area contributed by atoms with Crippen LogP contribution in [0.3, 0.4) is 0 Å². The summed E-state index contributed by atoms with van der Waals surface area (Å²) in [6, 6.07) is 5.84. The monoisotopic (exact) mass is 351 g/mol. The smallest absolute Gasteiger partial charge is 0.241 e. The molecule has 0 saturated heterocycles. The van der Waals surface area contributed by atoms with Gasteiger partial charge in [-0.05, 0) is 43.0 Å². The van der Waals surface area contributed by atoms with Crippen molar-refractivity contribution in [1.82, 2.24) is 14.5 Å². The van der Waals surface area contributed by atoms with Gasteiger partial charge in [-0.2, -0.15) is 5.10 Å². The summed E-state index contributed by atoms with van der Waals surface area (Å²) in [5, 5.41) is 13.7. The number of hydrogen-bond donors (Lipinski definition) is 2. The molecule has 1 saturated carbocycles. The van der Waals surface area contributed by atoms with Gasteiger partial charge in [0.15, 0.2) is 0 Å². The Hall–Kier alpha value is -1.90. The maximum Gasteiger partial charge on any atom is 0.241 e. The standard InChI is InChI=1S/C16H21N3O4S/c1-19-10-12(9-17-19)16(11-7-13(20)8-11)18-24(21,22)15-5-3-14(23-2)4-6-15/h3-6,9-11,13,16,18,20H,7-8H2,1-2H3/t11?,13?,16-/m1/s1. The van der Waals surface area contributed by atoms with E-state index >= 15 is 0 Å². The van der Waals surface area contributed by atoms with Crippen molar-refractivity contribution < 1.29 is 18.3 Å². The number of benzene rings is 1. The van der Waals surface area contributed by atoms with Crippen LogP contribution in [0, 0.1) is 5.92 Å². The first-order valence-corrected chi connectivity index (χ1v) is 9.20. The topological polar surface area (TPSA) is 93.5 Å². The molecule has 0 amide bonds. The predicted molar refractivity (Wildman–Crippen MR) is 88.0 cm³/mol. The van der Waals surface area contributed by atoms with Gasteiger partial charge in [-0.25, -0.2) is 13.1 Å². The molecule has 2 N–H and O–H groups in total. The van der Waals surface area contributed by atoms with Crippen LogP contribution < -0.4 is 9.46 Å². The van der Waals surface area contributed by atoms with Gasteiger partial charge in [0.1, 0.15) is 5.75 Å². The van der Waals surface area contributed by atoms with Crippen LogP contribution >= 0.6 is 0 Å². The fourth-order valence-electron chi connectivity index (χ4n) is 2.93. The Labute approximate surface area is 141 Å². The molecule has 1 aromatic carbocycles. The van der Waals surface area contributed by atoms with E-state index < -0.39 is 16.1 Å². The Bertz CT molecular complexity index is 795. The first-order chi connectivity index (χ1) is 11.4. The Morgan fingerprint density at radius 1 is 1.33 bits per heavy atom. The number of methoxy groups -OCH3 is 1. The molecular formula is C16H21N3O4S. The van der Waals surface area contributed by atoms with Crippen molar-refractivity contribution >= 4 is 10.0 Å². The second kappa shape index (κ2) is 6.54. The van der Waals surface area contributed by atoms with Crippen LogP contribution in [-0.2, 0) is 17.1 Å². The summed E-state index contributed by atoms with van der Waals surface area (Å²) in [7, 11) is -0.371. The number of ether oxygens (including phenoxy) is 1. The summed E-state index contributed by atoms with van der Waals surface area (Å²) < 4.78 is 34.9. The van der Waals surface area contributed by atoms with E-state index in [4.69, 9.17) is 4.74 Å². The normalized spacial score (nSPS) is 22.0. The molecule has 8 heteroatoms. The third-order valence-corrected chi connectivity index (χ3v) is 5.81. The van der Waals surface area contributed by atoms with E-state index in [1.807, 2.05) is 0 Å². The lowest BCUT2D eigenvalue weighted by Crippen LogP contribution is -2.41. The minimum absolute atomic E-state index is 0.0530. The van der Waals surface area contributed by atoms with Crippen LogP contribution in [0.15, 0.2) is 41.6 Å². The molecule has 1 aliphatic rings. The van der Waals surface area contributed by atoms with Gasteiger partial charge in [0.25, 0.3) is 0 Å². The fraction of sp³-hybridized carbons (Fsp3) is 0.438. The molecule has 0 spiro atoms. The van der Waals surface area contributed by atoms with Gasteiger partial charge in [0.2, 0.25) is 10.0 Å². The Kier molecular flexibility index (Phi) is 4.62. The molecular weight excluding hydrogens is 330 g/mol. The van der Waals surface area contributed by atoms with Gasteiger partial charge in [0, 0.05) is 18.8 Å². The minimum Gasteiger partial charge on any atom is -0.497 e. The molecule has 1 atom stereocenters. The molecule has 7 nitrogen and oxygen atoms in total. The molecule has 0 aliphatic heterocycles. The van der Waals surface area contributed by atoms with Crippen LogP contribution in [0.4, 0.5) is 0 Å². The number of nitrogens with zero attached hydrogens (tertiary/aromatic N) is 2. The first kappa shape index (κ1) is 16.9. The number of aryl methyl sites for hydroxylation is 1. The SMILES string of the molecule is COc1ccc(S(=O)(=O)N[C@@H](c2cnn(C)c2)C2CC(O)C2)cc1. The number of aromatic nitrogens is 2. The molecule has 0 radical (unpaired) electrons. The van der Waals surface area contributed by atoms with Crippen molar-refractivity contribution in [2.75, 3.05) is 7.11 Å². The van der Waals surface area contributed by atoms with Crippen LogP contribution in [0.1, 0.15) is 24.4 Å². The Morgan fingerprint density at radius 3 is 2.50 bits per heavy atom. The number of hydrogen-bond acceptors (Lipinski definition) is 5. The molecule has 130 valence electrons. The molecule has 3 rings (SSSR count). The van der Waals surface area contributed by atoms with E-state index in [-0.39, 0.29) is 16.9 Å². The van der Waals surface area contributed by atoms with Crippen LogP contribution in [0.2, 0.25) is 0 Å². The van der Waals surface area contributed by atoms with Gasteiger partial charge in [-0.15, -0.1) is 0 Å². The van der Waals surface area contributed by atoms with E-state index in [0.29, 0.717) is 18.6 Å². The number of sulfonamides is 1. The van der Waals surface area contributed by atoms with E-state index in [0.717, 1.165) is 5.56 Å². The van der Waals surface area contributed by atoms with Crippen LogP contribution in [0.5, 0.6) is 5.75 Å². The Morgan fingerprint density at radius 2 is 2.00 bits per heavy atom. The van der Waals surface area contributed by atoms with Crippen LogP contribution in [-0.4, -0.2) is 36.5 Å². The molecule has 0 unspecified atom stereocenters. The van der Waals surface area contributed by atoms with Crippen molar-refractivity contribution in [3.05, 3.63) is 42.2 Å². The van der Waals surface area contributed by atoms with E-state index in [2.05, 4.69) is 9.82 Å². The fourth-order valence-corrected chi connectivity index (χ4v) is 4.22. The summed E-state index contributed by atoms with van der Waals surface area (Å²) in [6.07, 6.45) is 4.24. The van der Waals surface area contributed by atoms with E-state index in [1.165, 1.54) is 19.2 Å². The highest BCUT2D eigenvalue weighted by Gasteiger charge is 2.37. The number of aliphatic hydroxyl groups is 1. The first-order valence-electron chi connectivity index (χ1n) is 7.72. The van der Waals surface area contributed by atoms with Crippen molar-refractivity contribution in [2.24, 2.45) is 13.0 Å². The van der Waals surface area contributed by atoms with Crippen molar-refractivity contribution in [2.45, 2.75) is 29.9 Å². The molecule has 0 bridgehead atoms. The van der Waals surface area contributed by atoms with Gasteiger partial charge in [-0.3, -0.25) is 4.68 Å². The van der Waals surface area contributed by atoms with E-state index in [1.54, 1.807) is 36.3 Å². The highest BCUT2D eigenvalue weighted by molar-refractivity contribution is 7.89. The summed E-state index contributed by atoms with van der Waals surface area (Å²) in [5.41, 5.74) is 0.798. The zero-order chi connectivity index (χ0) is 17.3. The minimum atomic E-state index is -3.69. The maximum absolute atomic E-state index is 12.7. The zero-order valence-corrected chi connectivity index (χ0v) is 14.4. The maximum atomic E-state index is 12.7. The van der Waals surface area contributed by atoms with Gasteiger partial charge in [-0.1, -0.05) is 0 Å². The second-order valence-electron chi connectivity index (χ2n) is 6.11. The predicted octanol–water partition coefficient (Wildman–Crippen LogP) is 1.22. The molecule has 2 aromatic rings. The summed E-state index contributed by atoms with van der Waals surface area (Å²) in [5.74, 6) is 0.650. The summed E-state index contributed by atoms with van der Waals surface area (Å²) in [6.45, 7) is 0. The Balaban J connectivity index is 1.85. The lowest BCUT2D eigenvalue weighted by atomic mass is 9.76. The zero-order valence-electron chi connectivity index (χ0n) is 13.6. The number of rotatable bonds is 6. The highest BCUT2D eigenvalue weighted by Crippen LogP contribution is 2.38. The average Bonchev–Trinajstić information content (AvgIpc) is 2.96. The third kappa shape index (κ3) is 3.45. The number of aliphatic hydroxyl groups excluding tert-OH is 1.